The molecule has 2 aromatic carbocycles. The summed E-state index contributed by atoms with van der Waals surface area (Å²) in [7, 11) is 0. The van der Waals surface area contributed by atoms with Gasteiger partial charge in [-0.2, -0.15) is 13.2 Å². The van der Waals surface area contributed by atoms with Gasteiger partial charge in [-0.05, 0) is 30.2 Å². The van der Waals surface area contributed by atoms with Crippen LogP contribution in [0.5, 0.6) is 5.75 Å². The van der Waals surface area contributed by atoms with Crippen molar-refractivity contribution in [3.63, 3.8) is 0 Å². The number of nitrogens with zero attached hydrogens (tertiary/aromatic N) is 1. The van der Waals surface area contributed by atoms with Crippen molar-refractivity contribution >= 4 is 35.6 Å². The Kier molecular flexibility index (Phi) is 9.84. The zero-order valence-electron chi connectivity index (χ0n) is 15.8. The van der Waals surface area contributed by atoms with Crippen LogP contribution < -0.4 is 10.1 Å². The molecular formula is C20H27Cl2F3N2O. The molecule has 2 aromatic rings. The Labute approximate surface area is 176 Å². The van der Waals surface area contributed by atoms with E-state index in [1.807, 2.05) is 43.3 Å². The SMILES string of the molecule is CCOc1ccc2ccccc2c1[C@H](CCC(F)(F)F)N1CCNCC1.Cl.Cl. The Hall–Kier alpha value is -1.21. The highest BCUT2D eigenvalue weighted by atomic mass is 35.5. The second-order valence-corrected chi connectivity index (χ2v) is 6.59. The molecule has 1 aliphatic heterocycles. The number of ether oxygens (including phenoxy) is 1. The minimum absolute atomic E-state index is 0. The normalized spacial score (nSPS) is 16.1. The van der Waals surface area contributed by atoms with E-state index in [1.165, 1.54) is 0 Å². The Morgan fingerprint density at radius 3 is 2.39 bits per heavy atom. The molecule has 3 rings (SSSR count). The lowest BCUT2D eigenvalue weighted by Gasteiger charge is -2.36. The third-order valence-corrected chi connectivity index (χ3v) is 4.86. The molecule has 0 amide bonds. The molecule has 0 unspecified atom stereocenters. The quantitative estimate of drug-likeness (QED) is 0.655. The van der Waals surface area contributed by atoms with Gasteiger partial charge >= 0.3 is 6.18 Å². The molecule has 0 saturated carbocycles. The smallest absolute Gasteiger partial charge is 0.389 e. The Morgan fingerprint density at radius 1 is 1.07 bits per heavy atom. The van der Waals surface area contributed by atoms with Gasteiger partial charge in [-0.15, -0.1) is 24.8 Å². The van der Waals surface area contributed by atoms with Gasteiger partial charge in [0.2, 0.25) is 0 Å². The van der Waals surface area contributed by atoms with Gasteiger partial charge in [0.25, 0.3) is 0 Å². The lowest BCUT2D eigenvalue weighted by molar-refractivity contribution is -0.138. The molecule has 0 spiro atoms. The molecule has 0 bridgehead atoms. The first-order valence-corrected chi connectivity index (χ1v) is 9.15. The van der Waals surface area contributed by atoms with Gasteiger partial charge in [-0.1, -0.05) is 30.3 Å². The number of hydrogen-bond donors (Lipinski definition) is 1. The summed E-state index contributed by atoms with van der Waals surface area (Å²) >= 11 is 0. The largest absolute Gasteiger partial charge is 0.494 e. The number of fused-ring (bicyclic) bond motifs is 1. The first-order valence-electron chi connectivity index (χ1n) is 9.15. The monoisotopic (exact) mass is 438 g/mol. The first-order chi connectivity index (χ1) is 12.5. The minimum Gasteiger partial charge on any atom is -0.494 e. The Balaban J connectivity index is 0.00000196. The average Bonchev–Trinajstić information content (AvgIpc) is 2.63. The number of alkyl halides is 3. The fraction of sp³-hybridized carbons (Fsp3) is 0.500. The molecule has 1 aliphatic rings. The van der Waals surface area contributed by atoms with Crippen molar-refractivity contribution in [3.8, 4) is 5.75 Å². The van der Waals surface area contributed by atoms with Crippen molar-refractivity contribution in [1.29, 1.82) is 0 Å². The summed E-state index contributed by atoms with van der Waals surface area (Å²) in [6.45, 7) is 5.43. The van der Waals surface area contributed by atoms with Gasteiger partial charge in [0.05, 0.1) is 6.61 Å². The van der Waals surface area contributed by atoms with E-state index >= 15 is 0 Å². The minimum atomic E-state index is -4.16. The second kappa shape index (κ2) is 11.1. The molecule has 158 valence electrons. The predicted octanol–water partition coefficient (Wildman–Crippen LogP) is 5.37. The van der Waals surface area contributed by atoms with E-state index in [4.69, 9.17) is 4.74 Å². The zero-order chi connectivity index (χ0) is 18.6. The summed E-state index contributed by atoms with van der Waals surface area (Å²) in [5.41, 5.74) is 0.885. The molecule has 28 heavy (non-hydrogen) atoms. The zero-order valence-corrected chi connectivity index (χ0v) is 17.4. The van der Waals surface area contributed by atoms with Crippen LogP contribution >= 0.6 is 24.8 Å². The number of halogens is 5. The molecule has 0 aliphatic carbocycles. The van der Waals surface area contributed by atoms with Crippen molar-refractivity contribution in [2.24, 2.45) is 0 Å². The maximum atomic E-state index is 13.0. The molecule has 1 N–H and O–H groups in total. The van der Waals surface area contributed by atoms with E-state index in [2.05, 4.69) is 10.2 Å². The van der Waals surface area contributed by atoms with Gasteiger partial charge in [-0.25, -0.2) is 0 Å². The molecule has 8 heteroatoms. The number of piperazine rings is 1. The summed E-state index contributed by atoms with van der Waals surface area (Å²) in [5.74, 6) is 0.692. The van der Waals surface area contributed by atoms with Gasteiger partial charge in [0.1, 0.15) is 5.75 Å². The summed E-state index contributed by atoms with van der Waals surface area (Å²) in [5, 5.41) is 5.28. The van der Waals surface area contributed by atoms with Crippen LogP contribution in [-0.2, 0) is 0 Å². The number of rotatable bonds is 6. The van der Waals surface area contributed by atoms with Crippen LogP contribution in [0.1, 0.15) is 31.4 Å². The highest BCUT2D eigenvalue weighted by Crippen LogP contribution is 2.40. The van der Waals surface area contributed by atoms with Crippen LogP contribution in [0.3, 0.4) is 0 Å². The number of hydrogen-bond acceptors (Lipinski definition) is 3. The number of benzene rings is 2. The highest BCUT2D eigenvalue weighted by molar-refractivity contribution is 5.88. The van der Waals surface area contributed by atoms with E-state index in [0.29, 0.717) is 12.4 Å². The predicted molar refractivity (Wildman–Crippen MR) is 112 cm³/mol. The van der Waals surface area contributed by atoms with Crippen molar-refractivity contribution in [1.82, 2.24) is 10.2 Å². The number of nitrogens with one attached hydrogen (secondary N) is 1. The van der Waals surface area contributed by atoms with E-state index < -0.39 is 12.6 Å². The van der Waals surface area contributed by atoms with Crippen LogP contribution in [0.4, 0.5) is 13.2 Å². The maximum absolute atomic E-state index is 13.0. The molecule has 1 fully saturated rings. The standard InChI is InChI=1S/C20H25F3N2O.2ClH/c1-2-26-18-8-7-15-5-3-4-6-16(15)19(18)17(9-10-20(21,22)23)25-13-11-24-12-14-25;;/h3-8,17,24H,2,9-14H2,1H3;2*1H/t17-;;/m0../s1. The van der Waals surface area contributed by atoms with Crippen LogP contribution in [0.25, 0.3) is 10.8 Å². The summed E-state index contributed by atoms with van der Waals surface area (Å²) in [6, 6.07) is 11.4. The van der Waals surface area contributed by atoms with Gasteiger partial charge in [-0.3, -0.25) is 4.90 Å². The topological polar surface area (TPSA) is 24.5 Å². The van der Waals surface area contributed by atoms with E-state index in [-0.39, 0.29) is 37.3 Å². The second-order valence-electron chi connectivity index (χ2n) is 6.59. The average molecular weight is 439 g/mol. The van der Waals surface area contributed by atoms with Crippen molar-refractivity contribution in [2.45, 2.75) is 32.0 Å². The molecule has 3 nitrogen and oxygen atoms in total. The van der Waals surface area contributed by atoms with Crippen LogP contribution in [0.2, 0.25) is 0 Å². The summed E-state index contributed by atoms with van der Waals surface area (Å²) < 4.78 is 44.8. The van der Waals surface area contributed by atoms with Crippen LogP contribution in [0.15, 0.2) is 36.4 Å². The van der Waals surface area contributed by atoms with Crippen LogP contribution in [-0.4, -0.2) is 43.9 Å². The third kappa shape index (κ3) is 6.14. The van der Waals surface area contributed by atoms with Gasteiger partial charge in [0.15, 0.2) is 0 Å². The van der Waals surface area contributed by atoms with Crippen molar-refractivity contribution in [2.75, 3.05) is 32.8 Å². The molecule has 1 saturated heterocycles. The Bertz CT molecular complexity index is 737. The van der Waals surface area contributed by atoms with Gasteiger partial charge < -0.3 is 10.1 Å². The van der Waals surface area contributed by atoms with Gasteiger partial charge in [0, 0.05) is 44.2 Å². The summed E-state index contributed by atoms with van der Waals surface area (Å²) in [4.78, 5) is 2.16. The molecule has 0 radical (unpaired) electrons. The molecular weight excluding hydrogens is 412 g/mol. The summed E-state index contributed by atoms with van der Waals surface area (Å²) in [6.07, 6.45) is -4.92. The van der Waals surface area contributed by atoms with E-state index in [9.17, 15) is 13.2 Å². The van der Waals surface area contributed by atoms with Crippen LogP contribution in [0, 0.1) is 0 Å². The van der Waals surface area contributed by atoms with E-state index in [0.717, 1.165) is 42.5 Å². The fourth-order valence-electron chi connectivity index (χ4n) is 3.70. The molecule has 1 atom stereocenters. The maximum Gasteiger partial charge on any atom is 0.389 e. The molecule has 1 heterocycles. The fourth-order valence-corrected chi connectivity index (χ4v) is 3.70. The lowest BCUT2D eigenvalue weighted by atomic mass is 9.93. The first kappa shape index (κ1) is 24.8. The third-order valence-electron chi connectivity index (χ3n) is 4.86. The van der Waals surface area contributed by atoms with Crippen molar-refractivity contribution < 1.29 is 17.9 Å². The highest BCUT2D eigenvalue weighted by Gasteiger charge is 2.33. The van der Waals surface area contributed by atoms with Crippen molar-refractivity contribution in [3.05, 3.63) is 42.0 Å². The Morgan fingerprint density at radius 2 is 1.75 bits per heavy atom. The molecule has 0 aromatic heterocycles. The lowest BCUT2D eigenvalue weighted by Crippen LogP contribution is -2.45. The van der Waals surface area contributed by atoms with E-state index in [1.54, 1.807) is 0 Å².